The molecule has 15 heavy (non-hydrogen) atoms. The summed E-state index contributed by atoms with van der Waals surface area (Å²) in [6, 6.07) is 0. The zero-order chi connectivity index (χ0) is 11.3. The van der Waals surface area contributed by atoms with Crippen molar-refractivity contribution in [2.75, 3.05) is 13.1 Å². The molecule has 1 fully saturated rings. The van der Waals surface area contributed by atoms with E-state index in [4.69, 9.17) is 5.11 Å². The molecular formula is C11H17NO3. The molecule has 0 radical (unpaired) electrons. The molecule has 0 atom stereocenters. The quantitative estimate of drug-likeness (QED) is 0.697. The Balaban J connectivity index is 2.56. The molecule has 4 heteroatoms. The van der Waals surface area contributed by atoms with Gasteiger partial charge in [-0.05, 0) is 12.8 Å². The van der Waals surface area contributed by atoms with Gasteiger partial charge in [-0.15, -0.1) is 6.58 Å². The van der Waals surface area contributed by atoms with Crippen LogP contribution >= 0.6 is 0 Å². The Labute approximate surface area is 89.6 Å². The monoisotopic (exact) mass is 211 g/mol. The fraction of sp³-hybridized carbons (Fsp3) is 0.636. The number of carbonyl (C=O) groups is 2. The highest BCUT2D eigenvalue weighted by atomic mass is 16.4. The molecule has 0 aliphatic heterocycles. The molecular weight excluding hydrogens is 194 g/mol. The first-order valence-electron chi connectivity index (χ1n) is 5.26. The van der Waals surface area contributed by atoms with Crippen molar-refractivity contribution in [2.24, 2.45) is 5.92 Å². The standard InChI is InChI=1S/C11H17NO3/c1-2-7-12(8-10(13)14)11(15)9-5-3-4-6-9/h2,9H,1,3-8H2,(H,13,14). The summed E-state index contributed by atoms with van der Waals surface area (Å²) in [5, 5.41) is 8.67. The van der Waals surface area contributed by atoms with E-state index in [1.807, 2.05) is 0 Å². The number of carboxylic acid groups (broad SMARTS) is 1. The molecule has 4 nitrogen and oxygen atoms in total. The molecule has 1 rings (SSSR count). The molecule has 1 saturated carbocycles. The molecule has 0 unspecified atom stereocenters. The third kappa shape index (κ3) is 3.38. The summed E-state index contributed by atoms with van der Waals surface area (Å²) in [6.45, 7) is 3.63. The maximum atomic E-state index is 11.9. The Morgan fingerprint density at radius 2 is 2.00 bits per heavy atom. The Morgan fingerprint density at radius 1 is 1.40 bits per heavy atom. The van der Waals surface area contributed by atoms with Crippen molar-refractivity contribution in [3.63, 3.8) is 0 Å². The average Bonchev–Trinajstić information content (AvgIpc) is 2.68. The van der Waals surface area contributed by atoms with Crippen LogP contribution in [0.1, 0.15) is 25.7 Å². The lowest BCUT2D eigenvalue weighted by Crippen LogP contribution is -2.39. The van der Waals surface area contributed by atoms with Gasteiger partial charge in [0.25, 0.3) is 0 Å². The number of carboxylic acids is 1. The summed E-state index contributed by atoms with van der Waals surface area (Å²) in [6.07, 6.45) is 5.50. The second-order valence-corrected chi connectivity index (χ2v) is 3.88. The van der Waals surface area contributed by atoms with Crippen molar-refractivity contribution in [3.8, 4) is 0 Å². The number of carbonyl (C=O) groups excluding carboxylic acids is 1. The van der Waals surface area contributed by atoms with E-state index >= 15 is 0 Å². The predicted octanol–water partition coefficient (Wildman–Crippen LogP) is 1.28. The normalized spacial score (nSPS) is 16.3. The molecule has 0 saturated heterocycles. The van der Waals surface area contributed by atoms with Crippen molar-refractivity contribution in [1.29, 1.82) is 0 Å². The number of aliphatic carboxylic acids is 1. The Kier molecular flexibility index (Phi) is 4.34. The smallest absolute Gasteiger partial charge is 0.323 e. The van der Waals surface area contributed by atoms with Crippen LogP contribution in [-0.4, -0.2) is 35.0 Å². The van der Waals surface area contributed by atoms with Crippen LogP contribution < -0.4 is 0 Å². The second kappa shape index (κ2) is 5.53. The molecule has 0 heterocycles. The van der Waals surface area contributed by atoms with Gasteiger partial charge in [0.15, 0.2) is 0 Å². The molecule has 1 amide bonds. The molecule has 0 aromatic carbocycles. The average molecular weight is 211 g/mol. The molecule has 0 aromatic rings. The van der Waals surface area contributed by atoms with E-state index in [1.54, 1.807) is 6.08 Å². The SMILES string of the molecule is C=CCN(CC(=O)O)C(=O)C1CCCC1. The van der Waals surface area contributed by atoms with Crippen molar-refractivity contribution >= 4 is 11.9 Å². The minimum atomic E-state index is -0.969. The van der Waals surface area contributed by atoms with Crippen LogP contribution in [0, 0.1) is 5.92 Å². The van der Waals surface area contributed by atoms with Crippen LogP contribution in [0.5, 0.6) is 0 Å². The van der Waals surface area contributed by atoms with Crippen LogP contribution in [0.3, 0.4) is 0 Å². The minimum absolute atomic E-state index is 0.0318. The zero-order valence-electron chi connectivity index (χ0n) is 8.82. The van der Waals surface area contributed by atoms with Crippen molar-refractivity contribution in [2.45, 2.75) is 25.7 Å². The second-order valence-electron chi connectivity index (χ2n) is 3.88. The summed E-state index contributed by atoms with van der Waals surface area (Å²) in [5.41, 5.74) is 0. The Morgan fingerprint density at radius 3 is 2.47 bits per heavy atom. The number of hydrogen-bond donors (Lipinski definition) is 1. The topological polar surface area (TPSA) is 57.6 Å². The van der Waals surface area contributed by atoms with Gasteiger partial charge in [0.05, 0.1) is 0 Å². The van der Waals surface area contributed by atoms with Gasteiger partial charge in [-0.2, -0.15) is 0 Å². The lowest BCUT2D eigenvalue weighted by atomic mass is 10.1. The minimum Gasteiger partial charge on any atom is -0.480 e. The van der Waals surface area contributed by atoms with Gasteiger partial charge in [0.1, 0.15) is 6.54 Å². The molecule has 1 aliphatic rings. The number of rotatable bonds is 5. The summed E-state index contributed by atoms with van der Waals surface area (Å²) in [5.74, 6) is -0.970. The summed E-state index contributed by atoms with van der Waals surface area (Å²) in [7, 11) is 0. The highest BCUT2D eigenvalue weighted by Gasteiger charge is 2.27. The maximum Gasteiger partial charge on any atom is 0.323 e. The Hall–Kier alpha value is -1.32. The van der Waals surface area contributed by atoms with Crippen LogP contribution in [0.4, 0.5) is 0 Å². The van der Waals surface area contributed by atoms with E-state index in [0.29, 0.717) is 6.54 Å². The first-order valence-corrected chi connectivity index (χ1v) is 5.26. The third-order valence-electron chi connectivity index (χ3n) is 2.69. The van der Waals surface area contributed by atoms with Crippen LogP contribution in [0.2, 0.25) is 0 Å². The summed E-state index contributed by atoms with van der Waals surface area (Å²) in [4.78, 5) is 23.8. The van der Waals surface area contributed by atoms with E-state index in [-0.39, 0.29) is 18.4 Å². The number of nitrogens with zero attached hydrogens (tertiary/aromatic N) is 1. The maximum absolute atomic E-state index is 11.9. The van der Waals surface area contributed by atoms with Crippen molar-refractivity contribution in [3.05, 3.63) is 12.7 Å². The van der Waals surface area contributed by atoms with Crippen LogP contribution in [0.15, 0.2) is 12.7 Å². The van der Waals surface area contributed by atoms with Gasteiger partial charge in [-0.3, -0.25) is 9.59 Å². The molecule has 0 aromatic heterocycles. The van der Waals surface area contributed by atoms with E-state index in [9.17, 15) is 9.59 Å². The molecule has 0 spiro atoms. The fourth-order valence-corrected chi connectivity index (χ4v) is 1.98. The summed E-state index contributed by atoms with van der Waals surface area (Å²) >= 11 is 0. The van der Waals surface area contributed by atoms with Crippen LogP contribution in [0.25, 0.3) is 0 Å². The number of hydrogen-bond acceptors (Lipinski definition) is 2. The first kappa shape index (κ1) is 11.8. The lowest BCUT2D eigenvalue weighted by Gasteiger charge is -2.22. The number of amides is 1. The summed E-state index contributed by atoms with van der Waals surface area (Å²) < 4.78 is 0. The molecule has 1 N–H and O–H groups in total. The van der Waals surface area contributed by atoms with Gasteiger partial charge >= 0.3 is 5.97 Å². The van der Waals surface area contributed by atoms with E-state index in [1.165, 1.54) is 4.90 Å². The van der Waals surface area contributed by atoms with Gasteiger partial charge in [0.2, 0.25) is 5.91 Å². The van der Waals surface area contributed by atoms with Gasteiger partial charge < -0.3 is 10.0 Å². The third-order valence-corrected chi connectivity index (χ3v) is 2.69. The van der Waals surface area contributed by atoms with E-state index < -0.39 is 5.97 Å². The molecule has 0 bridgehead atoms. The van der Waals surface area contributed by atoms with Crippen LogP contribution in [-0.2, 0) is 9.59 Å². The highest BCUT2D eigenvalue weighted by molar-refractivity contribution is 5.83. The van der Waals surface area contributed by atoms with Gasteiger partial charge in [0, 0.05) is 12.5 Å². The van der Waals surface area contributed by atoms with Crippen molar-refractivity contribution in [1.82, 2.24) is 4.90 Å². The Bertz CT molecular complexity index is 257. The van der Waals surface area contributed by atoms with E-state index in [2.05, 4.69) is 6.58 Å². The van der Waals surface area contributed by atoms with Gasteiger partial charge in [-0.25, -0.2) is 0 Å². The highest BCUT2D eigenvalue weighted by Crippen LogP contribution is 2.26. The fourth-order valence-electron chi connectivity index (χ4n) is 1.98. The van der Waals surface area contributed by atoms with E-state index in [0.717, 1.165) is 25.7 Å². The largest absolute Gasteiger partial charge is 0.480 e. The molecule has 1 aliphatic carbocycles. The lowest BCUT2D eigenvalue weighted by molar-refractivity contribution is -0.145. The molecule has 84 valence electrons. The van der Waals surface area contributed by atoms with Crippen molar-refractivity contribution < 1.29 is 14.7 Å². The zero-order valence-corrected chi connectivity index (χ0v) is 8.82. The predicted molar refractivity (Wildman–Crippen MR) is 56.4 cm³/mol. The van der Waals surface area contributed by atoms with Gasteiger partial charge in [-0.1, -0.05) is 18.9 Å². The first-order chi connectivity index (χ1) is 7.15.